The van der Waals surface area contributed by atoms with Crippen LogP contribution in [0.5, 0.6) is 0 Å². The Bertz CT molecular complexity index is 544. The number of likely N-dealkylation sites (N-methyl/N-ethyl adjacent to an activating group) is 1. The minimum absolute atomic E-state index is 0.00358. The third kappa shape index (κ3) is 4.03. The van der Waals surface area contributed by atoms with E-state index in [1.807, 2.05) is 11.0 Å². The molecule has 1 aromatic rings. The Morgan fingerprint density at radius 2 is 2.29 bits per heavy atom. The highest BCUT2D eigenvalue weighted by Crippen LogP contribution is 2.12. The lowest BCUT2D eigenvalue weighted by Gasteiger charge is -2.27. The lowest BCUT2D eigenvalue weighted by molar-refractivity contribution is 0.0690. The molecule has 2 heterocycles. The van der Waals surface area contributed by atoms with Crippen LogP contribution in [0.15, 0.2) is 18.3 Å². The van der Waals surface area contributed by atoms with Crippen LogP contribution in [0.4, 0.5) is 0 Å². The molecule has 0 aromatic carbocycles. The second-order valence-electron chi connectivity index (χ2n) is 5.40. The van der Waals surface area contributed by atoms with Gasteiger partial charge in [0, 0.05) is 30.9 Å². The highest BCUT2D eigenvalue weighted by atomic mass is 16.2. The molecule has 5 nitrogen and oxygen atoms in total. The van der Waals surface area contributed by atoms with Crippen molar-refractivity contribution in [2.75, 3.05) is 33.2 Å². The molecule has 0 bridgehead atoms. The van der Waals surface area contributed by atoms with Crippen molar-refractivity contribution < 1.29 is 4.79 Å². The van der Waals surface area contributed by atoms with Gasteiger partial charge in [-0.25, -0.2) is 4.98 Å². The molecule has 0 radical (unpaired) electrons. The Balaban J connectivity index is 2.11. The Morgan fingerprint density at radius 1 is 1.48 bits per heavy atom. The molecule has 1 unspecified atom stereocenters. The first-order valence-electron chi connectivity index (χ1n) is 7.26. The van der Waals surface area contributed by atoms with Gasteiger partial charge in [0.2, 0.25) is 0 Å². The highest BCUT2D eigenvalue weighted by molar-refractivity contribution is 5.92. The molecule has 112 valence electrons. The smallest absolute Gasteiger partial charge is 0.272 e. The fourth-order valence-electron chi connectivity index (χ4n) is 2.57. The minimum atomic E-state index is -0.00358. The van der Waals surface area contributed by atoms with Gasteiger partial charge < -0.3 is 15.5 Å². The summed E-state index contributed by atoms with van der Waals surface area (Å²) in [6, 6.07) is 3.75. The first-order chi connectivity index (χ1) is 10.1. The van der Waals surface area contributed by atoms with Crippen molar-refractivity contribution >= 4 is 5.91 Å². The van der Waals surface area contributed by atoms with Crippen LogP contribution >= 0.6 is 0 Å². The van der Waals surface area contributed by atoms with E-state index in [1.165, 1.54) is 0 Å². The van der Waals surface area contributed by atoms with Gasteiger partial charge in [-0.2, -0.15) is 0 Å². The van der Waals surface area contributed by atoms with Gasteiger partial charge >= 0.3 is 0 Å². The standard InChI is InChI=1S/C16H22N4O/c1-13-12-19(2)9-4-10-20(13)16(21)15-7-6-14(11-18-15)5-3-8-17/h6-7,11,13H,4,8-10,12,17H2,1-2H3. The number of nitrogens with two attached hydrogens (primary N) is 1. The number of amides is 1. The maximum absolute atomic E-state index is 12.6. The van der Waals surface area contributed by atoms with E-state index in [2.05, 4.69) is 35.7 Å². The second kappa shape index (κ2) is 7.21. The van der Waals surface area contributed by atoms with Crippen molar-refractivity contribution in [2.24, 2.45) is 5.73 Å². The van der Waals surface area contributed by atoms with E-state index in [9.17, 15) is 4.79 Å². The quantitative estimate of drug-likeness (QED) is 0.766. The van der Waals surface area contributed by atoms with Gasteiger partial charge in [0.1, 0.15) is 5.69 Å². The van der Waals surface area contributed by atoms with Crippen LogP contribution in [0.2, 0.25) is 0 Å². The number of carbonyl (C=O) groups excluding carboxylic acids is 1. The first-order valence-corrected chi connectivity index (χ1v) is 7.26. The molecule has 1 fully saturated rings. The lowest BCUT2D eigenvalue weighted by Crippen LogP contribution is -2.42. The predicted molar refractivity (Wildman–Crippen MR) is 82.8 cm³/mol. The maximum Gasteiger partial charge on any atom is 0.272 e. The Morgan fingerprint density at radius 3 is 2.95 bits per heavy atom. The molecule has 2 N–H and O–H groups in total. The summed E-state index contributed by atoms with van der Waals surface area (Å²) < 4.78 is 0. The summed E-state index contributed by atoms with van der Waals surface area (Å²) in [5, 5.41) is 0. The van der Waals surface area contributed by atoms with Gasteiger partial charge in [-0.05, 0) is 39.1 Å². The average Bonchev–Trinajstić information content (AvgIpc) is 2.65. The number of hydrogen-bond donors (Lipinski definition) is 1. The second-order valence-corrected chi connectivity index (χ2v) is 5.40. The van der Waals surface area contributed by atoms with E-state index in [-0.39, 0.29) is 11.9 Å². The molecule has 21 heavy (non-hydrogen) atoms. The predicted octanol–water partition coefficient (Wildman–Crippen LogP) is 0.558. The molecule has 1 aliphatic heterocycles. The van der Waals surface area contributed by atoms with Gasteiger partial charge in [-0.3, -0.25) is 4.79 Å². The van der Waals surface area contributed by atoms with Crippen molar-refractivity contribution in [3.05, 3.63) is 29.6 Å². The summed E-state index contributed by atoms with van der Waals surface area (Å²) in [7, 11) is 2.09. The lowest BCUT2D eigenvalue weighted by atomic mass is 10.2. The SMILES string of the molecule is CC1CN(C)CCCN1C(=O)c1ccc(C#CCN)cn1. The van der Waals surface area contributed by atoms with Crippen LogP contribution in [0.3, 0.4) is 0 Å². The summed E-state index contributed by atoms with van der Waals surface area (Å²) in [5.74, 6) is 5.68. The number of aromatic nitrogens is 1. The van der Waals surface area contributed by atoms with Crippen LogP contribution in [0.1, 0.15) is 29.4 Å². The third-order valence-corrected chi connectivity index (χ3v) is 3.63. The Hall–Kier alpha value is -1.90. The summed E-state index contributed by atoms with van der Waals surface area (Å²) in [6.45, 7) is 5.10. The van der Waals surface area contributed by atoms with Crippen LogP contribution in [0, 0.1) is 11.8 Å². The zero-order chi connectivity index (χ0) is 15.2. The number of carbonyl (C=O) groups is 1. The van der Waals surface area contributed by atoms with Crippen LogP contribution in [0.25, 0.3) is 0 Å². The molecule has 1 amide bonds. The van der Waals surface area contributed by atoms with Gasteiger partial charge in [0.05, 0.1) is 6.54 Å². The van der Waals surface area contributed by atoms with Crippen molar-refractivity contribution in [1.29, 1.82) is 0 Å². The maximum atomic E-state index is 12.6. The third-order valence-electron chi connectivity index (χ3n) is 3.63. The summed E-state index contributed by atoms with van der Waals surface area (Å²) in [4.78, 5) is 21.0. The zero-order valence-electron chi connectivity index (χ0n) is 12.7. The minimum Gasteiger partial charge on any atom is -0.333 e. The Labute approximate surface area is 126 Å². The highest BCUT2D eigenvalue weighted by Gasteiger charge is 2.25. The molecular formula is C16H22N4O. The monoisotopic (exact) mass is 286 g/mol. The normalized spacial score (nSPS) is 19.6. The van der Waals surface area contributed by atoms with Crippen molar-refractivity contribution in [2.45, 2.75) is 19.4 Å². The molecular weight excluding hydrogens is 264 g/mol. The summed E-state index contributed by atoms with van der Waals surface area (Å²) in [5.41, 5.74) is 6.59. The van der Waals surface area contributed by atoms with E-state index in [4.69, 9.17) is 5.73 Å². The van der Waals surface area contributed by atoms with Crippen molar-refractivity contribution in [3.8, 4) is 11.8 Å². The number of pyridine rings is 1. The zero-order valence-corrected chi connectivity index (χ0v) is 12.7. The van der Waals surface area contributed by atoms with Crippen molar-refractivity contribution in [3.63, 3.8) is 0 Å². The van der Waals surface area contributed by atoms with Crippen LogP contribution in [-0.2, 0) is 0 Å². The Kier molecular flexibility index (Phi) is 5.32. The largest absolute Gasteiger partial charge is 0.333 e. The fourth-order valence-corrected chi connectivity index (χ4v) is 2.57. The molecule has 1 atom stereocenters. The van der Waals surface area contributed by atoms with Crippen LogP contribution in [-0.4, -0.2) is 60.0 Å². The van der Waals surface area contributed by atoms with Gasteiger partial charge in [-0.1, -0.05) is 11.8 Å². The topological polar surface area (TPSA) is 62.5 Å². The number of hydrogen-bond acceptors (Lipinski definition) is 4. The molecule has 1 saturated heterocycles. The molecule has 2 rings (SSSR count). The summed E-state index contributed by atoms with van der Waals surface area (Å²) >= 11 is 0. The summed E-state index contributed by atoms with van der Waals surface area (Å²) in [6.07, 6.45) is 2.62. The van der Waals surface area contributed by atoms with Gasteiger partial charge in [0.25, 0.3) is 5.91 Å². The molecule has 0 saturated carbocycles. The molecule has 1 aliphatic rings. The molecule has 0 aliphatic carbocycles. The van der Waals surface area contributed by atoms with Crippen molar-refractivity contribution in [1.82, 2.24) is 14.8 Å². The van der Waals surface area contributed by atoms with E-state index in [0.717, 1.165) is 31.6 Å². The number of nitrogens with zero attached hydrogens (tertiary/aromatic N) is 3. The molecule has 5 heteroatoms. The van der Waals surface area contributed by atoms with Crippen LogP contribution < -0.4 is 5.73 Å². The van der Waals surface area contributed by atoms with E-state index < -0.39 is 0 Å². The number of rotatable bonds is 1. The van der Waals surface area contributed by atoms with Gasteiger partial charge in [-0.15, -0.1) is 0 Å². The average molecular weight is 286 g/mol. The van der Waals surface area contributed by atoms with E-state index in [1.54, 1.807) is 12.3 Å². The van der Waals surface area contributed by atoms with E-state index in [0.29, 0.717) is 12.2 Å². The molecule has 1 aromatic heterocycles. The van der Waals surface area contributed by atoms with E-state index >= 15 is 0 Å². The first kappa shape index (κ1) is 15.5. The molecule has 0 spiro atoms. The fraction of sp³-hybridized carbons (Fsp3) is 0.500. The van der Waals surface area contributed by atoms with Gasteiger partial charge in [0.15, 0.2) is 0 Å².